The first-order chi connectivity index (χ1) is 12.8. The van der Waals surface area contributed by atoms with Gasteiger partial charge in [-0.25, -0.2) is 21.6 Å². The number of para-hydroxylation sites is 1. The average Bonchev–Trinajstić information content (AvgIpc) is 3.02. The normalized spacial score (nSPS) is 20.2. The first kappa shape index (κ1) is 19.1. The highest BCUT2D eigenvalue weighted by molar-refractivity contribution is 7.91. The lowest BCUT2D eigenvalue weighted by Gasteiger charge is -2.27. The number of carbonyl (C=O) groups is 1. The Balaban J connectivity index is 2.10. The highest BCUT2D eigenvalue weighted by atomic mass is 32.2. The molecule has 0 radical (unpaired) electrons. The smallest absolute Gasteiger partial charge is 0.330 e. The molecule has 142 valence electrons. The SMILES string of the molecule is CCOC(=O)/C=C/c1cn(S(=O)(=O)C2(C)C=CC(F)=CC2)c2ccccc12. The fraction of sp³-hybridized carbons (Fsp3) is 0.250. The summed E-state index contributed by atoms with van der Waals surface area (Å²) in [5.74, 6) is -0.946. The Bertz CT molecular complexity index is 1080. The highest BCUT2D eigenvalue weighted by Gasteiger charge is 2.39. The molecule has 2 aromatic rings. The van der Waals surface area contributed by atoms with Crippen molar-refractivity contribution in [2.45, 2.75) is 25.0 Å². The minimum absolute atomic E-state index is 0.0399. The summed E-state index contributed by atoms with van der Waals surface area (Å²) < 4.78 is 44.8. The van der Waals surface area contributed by atoms with Gasteiger partial charge in [0.1, 0.15) is 10.6 Å². The van der Waals surface area contributed by atoms with Gasteiger partial charge in [0.2, 0.25) is 10.0 Å². The van der Waals surface area contributed by atoms with Gasteiger partial charge < -0.3 is 4.74 Å². The second-order valence-electron chi connectivity index (χ2n) is 6.43. The lowest BCUT2D eigenvalue weighted by molar-refractivity contribution is -0.137. The summed E-state index contributed by atoms with van der Waals surface area (Å²) in [6, 6.07) is 7.01. The van der Waals surface area contributed by atoms with Crippen LogP contribution in [0.25, 0.3) is 17.0 Å². The molecule has 1 aromatic heterocycles. The van der Waals surface area contributed by atoms with E-state index in [1.807, 2.05) is 0 Å². The van der Waals surface area contributed by atoms with Gasteiger partial charge >= 0.3 is 5.97 Å². The number of aromatic nitrogens is 1. The maximum Gasteiger partial charge on any atom is 0.330 e. The summed E-state index contributed by atoms with van der Waals surface area (Å²) >= 11 is 0. The second kappa shape index (κ2) is 7.15. The molecule has 0 amide bonds. The Labute approximate surface area is 157 Å². The molecule has 0 saturated carbocycles. The van der Waals surface area contributed by atoms with Crippen LogP contribution >= 0.6 is 0 Å². The molecule has 1 aliphatic rings. The van der Waals surface area contributed by atoms with Crippen molar-refractivity contribution < 1.29 is 22.3 Å². The lowest BCUT2D eigenvalue weighted by Crippen LogP contribution is -2.38. The maximum absolute atomic E-state index is 13.3. The largest absolute Gasteiger partial charge is 0.463 e. The molecule has 0 spiro atoms. The first-order valence-corrected chi connectivity index (χ1v) is 9.97. The van der Waals surface area contributed by atoms with Crippen LogP contribution in [0.3, 0.4) is 0 Å². The Morgan fingerprint density at radius 3 is 2.78 bits per heavy atom. The summed E-state index contributed by atoms with van der Waals surface area (Å²) in [5.41, 5.74) is 1.07. The zero-order valence-corrected chi connectivity index (χ0v) is 15.9. The molecule has 0 saturated heterocycles. The van der Waals surface area contributed by atoms with E-state index in [0.717, 1.165) is 0 Å². The quantitative estimate of drug-likeness (QED) is 0.573. The van der Waals surface area contributed by atoms with Gasteiger partial charge in [-0.2, -0.15) is 0 Å². The van der Waals surface area contributed by atoms with Gasteiger partial charge in [0, 0.05) is 23.2 Å². The molecule has 0 fully saturated rings. The zero-order valence-electron chi connectivity index (χ0n) is 15.1. The van der Waals surface area contributed by atoms with Crippen LogP contribution in [0.2, 0.25) is 0 Å². The van der Waals surface area contributed by atoms with Crippen LogP contribution in [-0.4, -0.2) is 29.7 Å². The molecule has 1 heterocycles. The van der Waals surface area contributed by atoms with Gasteiger partial charge in [-0.3, -0.25) is 0 Å². The van der Waals surface area contributed by atoms with E-state index in [-0.39, 0.29) is 13.0 Å². The predicted molar refractivity (Wildman–Crippen MR) is 103 cm³/mol. The number of hydrogen-bond donors (Lipinski definition) is 0. The monoisotopic (exact) mass is 389 g/mol. The fourth-order valence-corrected chi connectivity index (χ4v) is 4.62. The molecule has 0 bridgehead atoms. The van der Waals surface area contributed by atoms with Crippen molar-refractivity contribution in [3.63, 3.8) is 0 Å². The van der Waals surface area contributed by atoms with E-state index in [2.05, 4.69) is 0 Å². The molecule has 0 aliphatic heterocycles. The van der Waals surface area contributed by atoms with E-state index in [9.17, 15) is 17.6 Å². The van der Waals surface area contributed by atoms with Gasteiger partial charge in [-0.15, -0.1) is 0 Å². The van der Waals surface area contributed by atoms with Gasteiger partial charge in [0.15, 0.2) is 0 Å². The number of fused-ring (bicyclic) bond motifs is 1. The summed E-state index contributed by atoms with van der Waals surface area (Å²) in [6.07, 6.45) is 8.13. The minimum atomic E-state index is -3.87. The molecule has 1 atom stereocenters. The van der Waals surface area contributed by atoms with Crippen LogP contribution < -0.4 is 0 Å². The minimum Gasteiger partial charge on any atom is -0.463 e. The molecule has 0 N–H and O–H groups in total. The van der Waals surface area contributed by atoms with Crippen molar-refractivity contribution in [1.29, 1.82) is 0 Å². The van der Waals surface area contributed by atoms with E-state index in [0.29, 0.717) is 16.5 Å². The van der Waals surface area contributed by atoms with Gasteiger partial charge in [0.05, 0.1) is 12.1 Å². The van der Waals surface area contributed by atoms with E-state index in [1.54, 1.807) is 38.1 Å². The average molecular weight is 389 g/mol. The highest BCUT2D eigenvalue weighted by Crippen LogP contribution is 2.34. The van der Waals surface area contributed by atoms with E-state index < -0.39 is 26.6 Å². The maximum atomic E-state index is 13.3. The summed E-state index contributed by atoms with van der Waals surface area (Å²) in [4.78, 5) is 11.6. The molecule has 1 aromatic carbocycles. The topological polar surface area (TPSA) is 65.4 Å². The van der Waals surface area contributed by atoms with E-state index in [4.69, 9.17) is 4.74 Å². The third kappa shape index (κ3) is 3.47. The van der Waals surface area contributed by atoms with Crippen molar-refractivity contribution in [3.05, 3.63) is 66.2 Å². The van der Waals surface area contributed by atoms with Crippen LogP contribution in [0.4, 0.5) is 4.39 Å². The number of hydrogen-bond acceptors (Lipinski definition) is 4. The Kier molecular flexibility index (Phi) is 5.06. The summed E-state index contributed by atoms with van der Waals surface area (Å²) in [5, 5.41) is 0.687. The van der Waals surface area contributed by atoms with Crippen molar-refractivity contribution in [2.75, 3.05) is 6.61 Å². The molecule has 27 heavy (non-hydrogen) atoms. The first-order valence-electron chi connectivity index (χ1n) is 8.53. The Morgan fingerprint density at radius 2 is 2.11 bits per heavy atom. The van der Waals surface area contributed by atoms with Crippen LogP contribution in [-0.2, 0) is 19.6 Å². The Morgan fingerprint density at radius 1 is 1.37 bits per heavy atom. The fourth-order valence-electron chi connectivity index (χ4n) is 2.96. The summed E-state index contributed by atoms with van der Waals surface area (Å²) in [6.45, 7) is 3.53. The lowest BCUT2D eigenvalue weighted by atomic mass is 10.0. The number of ether oxygens (including phenoxy) is 1. The number of halogens is 1. The predicted octanol–water partition coefficient (Wildman–Crippen LogP) is 3.97. The van der Waals surface area contributed by atoms with Gasteiger partial charge in [-0.1, -0.05) is 24.3 Å². The van der Waals surface area contributed by atoms with Crippen LogP contribution in [0, 0.1) is 0 Å². The standard InChI is InChI=1S/C20H20FNO4S/c1-3-26-19(23)9-8-15-14-22(18-7-5-4-6-17(15)18)27(24,25)20(2)12-10-16(21)11-13-20/h4-12,14H,3,13H2,1-2H3/b9-8+. The number of rotatable bonds is 5. The Hall–Kier alpha value is -2.67. The van der Waals surface area contributed by atoms with Gasteiger partial charge in [0.25, 0.3) is 0 Å². The number of benzene rings is 1. The molecule has 1 aliphatic carbocycles. The number of carbonyl (C=O) groups excluding carboxylic acids is 1. The second-order valence-corrected chi connectivity index (χ2v) is 8.70. The number of allylic oxidation sites excluding steroid dienone is 3. The molecule has 5 nitrogen and oxygen atoms in total. The number of esters is 1. The zero-order chi connectivity index (χ0) is 19.7. The van der Waals surface area contributed by atoms with Crippen molar-refractivity contribution in [3.8, 4) is 0 Å². The van der Waals surface area contributed by atoms with Crippen molar-refractivity contribution in [2.24, 2.45) is 0 Å². The summed E-state index contributed by atoms with van der Waals surface area (Å²) in [7, 11) is -3.87. The van der Waals surface area contributed by atoms with Gasteiger partial charge in [-0.05, 0) is 44.6 Å². The van der Waals surface area contributed by atoms with Crippen LogP contribution in [0.15, 0.2) is 60.6 Å². The van der Waals surface area contributed by atoms with Crippen LogP contribution in [0.1, 0.15) is 25.8 Å². The molecule has 1 unspecified atom stereocenters. The molecular formula is C20H20FNO4S. The van der Waals surface area contributed by atoms with Crippen LogP contribution in [0.5, 0.6) is 0 Å². The van der Waals surface area contributed by atoms with Crippen molar-refractivity contribution in [1.82, 2.24) is 3.97 Å². The molecule has 3 rings (SSSR count). The third-order valence-corrected chi connectivity index (χ3v) is 6.84. The van der Waals surface area contributed by atoms with Crippen molar-refractivity contribution >= 4 is 33.0 Å². The number of nitrogens with zero attached hydrogens (tertiary/aromatic N) is 1. The molecular weight excluding hydrogens is 369 g/mol. The molecule has 7 heteroatoms. The third-order valence-electron chi connectivity index (χ3n) is 4.54. The van der Waals surface area contributed by atoms with E-state index >= 15 is 0 Å². The van der Waals surface area contributed by atoms with E-state index in [1.165, 1.54) is 40.5 Å².